The summed E-state index contributed by atoms with van der Waals surface area (Å²) >= 11 is 0. The summed E-state index contributed by atoms with van der Waals surface area (Å²) in [5, 5.41) is 6.99. The lowest BCUT2D eigenvalue weighted by Gasteiger charge is -2.18. The van der Waals surface area contributed by atoms with Crippen molar-refractivity contribution >= 4 is 6.03 Å². The van der Waals surface area contributed by atoms with Gasteiger partial charge in [-0.2, -0.15) is 4.98 Å². The second-order valence-electron chi connectivity index (χ2n) is 7.56. The maximum absolute atomic E-state index is 12.1. The predicted molar refractivity (Wildman–Crippen MR) is 93.4 cm³/mol. The second kappa shape index (κ2) is 8.65. The predicted octanol–water partition coefficient (Wildman–Crippen LogP) is 2.73. The highest BCUT2D eigenvalue weighted by Gasteiger charge is 2.31. The molecule has 1 aromatic rings. The fourth-order valence-corrected chi connectivity index (χ4v) is 3.61. The summed E-state index contributed by atoms with van der Waals surface area (Å²) in [6.07, 6.45) is 6.83. The van der Waals surface area contributed by atoms with E-state index in [1.807, 2.05) is 18.7 Å². The van der Waals surface area contributed by atoms with E-state index in [0.717, 1.165) is 25.5 Å². The van der Waals surface area contributed by atoms with Crippen LogP contribution in [-0.2, 0) is 11.2 Å². The number of likely N-dealkylation sites (tertiary alicyclic amines) is 1. The van der Waals surface area contributed by atoms with Gasteiger partial charge < -0.3 is 19.5 Å². The molecule has 1 saturated heterocycles. The van der Waals surface area contributed by atoms with Gasteiger partial charge in [0.05, 0.1) is 12.5 Å². The minimum absolute atomic E-state index is 0.0162. The first kappa shape index (κ1) is 18.2. The fraction of sp³-hybridized carbons (Fsp3) is 0.833. The molecule has 1 aliphatic carbocycles. The van der Waals surface area contributed by atoms with Crippen molar-refractivity contribution in [2.75, 3.05) is 26.3 Å². The summed E-state index contributed by atoms with van der Waals surface area (Å²) in [6.45, 7) is 6.79. The highest BCUT2D eigenvalue weighted by Crippen LogP contribution is 2.26. The Kier molecular flexibility index (Phi) is 6.29. The number of urea groups is 1. The lowest BCUT2D eigenvalue weighted by atomic mass is 10.1. The van der Waals surface area contributed by atoms with Crippen LogP contribution in [0.15, 0.2) is 4.52 Å². The molecule has 1 aromatic heterocycles. The average Bonchev–Trinajstić information content (AvgIpc) is 3.30. The van der Waals surface area contributed by atoms with Crippen LogP contribution in [-0.4, -0.2) is 53.4 Å². The molecule has 140 valence electrons. The van der Waals surface area contributed by atoms with E-state index in [2.05, 4.69) is 15.5 Å². The van der Waals surface area contributed by atoms with Crippen molar-refractivity contribution in [3.63, 3.8) is 0 Å². The van der Waals surface area contributed by atoms with Gasteiger partial charge in [-0.3, -0.25) is 0 Å². The summed E-state index contributed by atoms with van der Waals surface area (Å²) in [5.41, 5.74) is 0. The number of amides is 2. The van der Waals surface area contributed by atoms with Gasteiger partial charge in [0, 0.05) is 32.2 Å². The summed E-state index contributed by atoms with van der Waals surface area (Å²) in [4.78, 5) is 18.4. The van der Waals surface area contributed by atoms with E-state index in [1.54, 1.807) is 0 Å². The molecule has 3 rings (SSSR count). The molecule has 7 nitrogen and oxygen atoms in total. The van der Waals surface area contributed by atoms with Crippen molar-refractivity contribution in [1.29, 1.82) is 0 Å². The molecule has 1 N–H and O–H groups in total. The highest BCUT2D eigenvalue weighted by atomic mass is 16.5. The molecule has 0 aromatic carbocycles. The van der Waals surface area contributed by atoms with Gasteiger partial charge in [-0.15, -0.1) is 0 Å². The molecule has 1 aliphatic heterocycles. The fourth-order valence-electron chi connectivity index (χ4n) is 3.61. The second-order valence-corrected chi connectivity index (χ2v) is 7.56. The molecule has 0 radical (unpaired) electrons. The number of hydrogen-bond acceptors (Lipinski definition) is 5. The minimum atomic E-state index is -0.0162. The van der Waals surface area contributed by atoms with Crippen LogP contribution in [0.3, 0.4) is 0 Å². The van der Waals surface area contributed by atoms with Crippen LogP contribution in [0.1, 0.15) is 63.6 Å². The Balaban J connectivity index is 1.40. The number of rotatable bonds is 7. The van der Waals surface area contributed by atoms with Crippen LogP contribution in [0.4, 0.5) is 4.79 Å². The molecule has 1 unspecified atom stereocenters. The van der Waals surface area contributed by atoms with Crippen molar-refractivity contribution in [2.24, 2.45) is 5.92 Å². The van der Waals surface area contributed by atoms with Crippen molar-refractivity contribution in [1.82, 2.24) is 20.4 Å². The normalized spacial score (nSPS) is 21.4. The molecule has 0 spiro atoms. The van der Waals surface area contributed by atoms with E-state index >= 15 is 0 Å². The lowest BCUT2D eigenvalue weighted by Crippen LogP contribution is -2.41. The number of nitrogens with zero attached hydrogens (tertiary/aromatic N) is 3. The van der Waals surface area contributed by atoms with Crippen LogP contribution < -0.4 is 5.32 Å². The van der Waals surface area contributed by atoms with Crippen LogP contribution in [0.2, 0.25) is 0 Å². The molecule has 2 heterocycles. The SMILES string of the molecule is CC(C)NC(=O)N1CCC(c2nc(CCOCC3CCCC3)no2)C1. The van der Waals surface area contributed by atoms with Crippen molar-refractivity contribution in [3.05, 3.63) is 11.7 Å². The number of aromatic nitrogens is 2. The van der Waals surface area contributed by atoms with Gasteiger partial charge in [0.15, 0.2) is 5.82 Å². The van der Waals surface area contributed by atoms with Gasteiger partial charge in [0.1, 0.15) is 0 Å². The van der Waals surface area contributed by atoms with Gasteiger partial charge >= 0.3 is 6.03 Å². The van der Waals surface area contributed by atoms with E-state index < -0.39 is 0 Å². The third kappa shape index (κ3) is 5.17. The molecule has 2 fully saturated rings. The summed E-state index contributed by atoms with van der Waals surface area (Å²) < 4.78 is 11.2. The Morgan fingerprint density at radius 1 is 1.36 bits per heavy atom. The lowest BCUT2D eigenvalue weighted by molar-refractivity contribution is 0.102. The number of nitrogens with one attached hydrogen (secondary N) is 1. The Bertz CT molecular complexity index is 554. The summed E-state index contributed by atoms with van der Waals surface area (Å²) in [7, 11) is 0. The third-order valence-electron chi connectivity index (χ3n) is 5.02. The molecule has 1 saturated carbocycles. The standard InChI is InChI=1S/C18H30N4O3/c1-13(2)19-18(23)22-9-7-15(11-22)17-20-16(21-25-17)8-10-24-12-14-5-3-4-6-14/h13-15H,3-12H2,1-2H3,(H,19,23). The zero-order valence-corrected chi connectivity index (χ0v) is 15.4. The Labute approximate surface area is 149 Å². The largest absolute Gasteiger partial charge is 0.381 e. The van der Waals surface area contributed by atoms with Crippen LogP contribution >= 0.6 is 0 Å². The summed E-state index contributed by atoms with van der Waals surface area (Å²) in [5.74, 6) is 2.22. The van der Waals surface area contributed by atoms with Crippen LogP contribution in [0.25, 0.3) is 0 Å². The van der Waals surface area contributed by atoms with E-state index in [-0.39, 0.29) is 18.0 Å². The Morgan fingerprint density at radius 3 is 2.92 bits per heavy atom. The minimum Gasteiger partial charge on any atom is -0.381 e. The first-order valence-corrected chi connectivity index (χ1v) is 9.57. The maximum Gasteiger partial charge on any atom is 0.317 e. The van der Waals surface area contributed by atoms with Gasteiger partial charge in [0.25, 0.3) is 0 Å². The highest BCUT2D eigenvalue weighted by molar-refractivity contribution is 5.74. The molecule has 2 aliphatic rings. The first-order valence-electron chi connectivity index (χ1n) is 9.57. The van der Waals surface area contributed by atoms with Gasteiger partial charge in [-0.25, -0.2) is 4.79 Å². The molecule has 1 atom stereocenters. The van der Waals surface area contributed by atoms with Crippen molar-refractivity contribution < 1.29 is 14.1 Å². The van der Waals surface area contributed by atoms with E-state index in [9.17, 15) is 4.79 Å². The number of carbonyl (C=O) groups excluding carboxylic acids is 1. The van der Waals surface area contributed by atoms with Gasteiger partial charge in [0.2, 0.25) is 5.89 Å². The van der Waals surface area contributed by atoms with E-state index in [1.165, 1.54) is 25.7 Å². The average molecular weight is 350 g/mol. The van der Waals surface area contributed by atoms with Crippen LogP contribution in [0.5, 0.6) is 0 Å². The molecule has 0 bridgehead atoms. The topological polar surface area (TPSA) is 80.5 Å². The number of carbonyl (C=O) groups is 1. The molecular formula is C18H30N4O3. The Hall–Kier alpha value is -1.63. The molecule has 2 amide bonds. The quantitative estimate of drug-likeness (QED) is 0.765. The first-order chi connectivity index (χ1) is 12.1. The van der Waals surface area contributed by atoms with Crippen molar-refractivity contribution in [3.8, 4) is 0 Å². The third-order valence-corrected chi connectivity index (χ3v) is 5.02. The van der Waals surface area contributed by atoms with Gasteiger partial charge in [-0.1, -0.05) is 18.0 Å². The van der Waals surface area contributed by atoms with E-state index in [0.29, 0.717) is 31.3 Å². The van der Waals surface area contributed by atoms with Crippen molar-refractivity contribution in [2.45, 2.75) is 64.3 Å². The zero-order chi connectivity index (χ0) is 17.6. The zero-order valence-electron chi connectivity index (χ0n) is 15.4. The van der Waals surface area contributed by atoms with E-state index in [4.69, 9.17) is 9.26 Å². The number of hydrogen-bond donors (Lipinski definition) is 1. The summed E-state index contributed by atoms with van der Waals surface area (Å²) in [6, 6.07) is 0.128. The number of ether oxygens (including phenoxy) is 1. The molecular weight excluding hydrogens is 320 g/mol. The maximum atomic E-state index is 12.1. The monoisotopic (exact) mass is 350 g/mol. The smallest absolute Gasteiger partial charge is 0.317 e. The molecule has 25 heavy (non-hydrogen) atoms. The van der Waals surface area contributed by atoms with Crippen LogP contribution in [0, 0.1) is 5.92 Å². The van der Waals surface area contributed by atoms with Gasteiger partial charge in [-0.05, 0) is 39.0 Å². The Morgan fingerprint density at radius 2 is 2.16 bits per heavy atom. The molecule has 7 heteroatoms.